The summed E-state index contributed by atoms with van der Waals surface area (Å²) < 4.78 is 18.8. The van der Waals surface area contributed by atoms with Crippen LogP contribution in [-0.2, 0) is 0 Å². The number of carboxylic acids is 1. The highest BCUT2D eigenvalue weighted by Gasteiger charge is 2.16. The van der Waals surface area contributed by atoms with Crippen molar-refractivity contribution in [2.45, 2.75) is 0 Å². The number of halogens is 1. The Morgan fingerprint density at radius 3 is 2.70 bits per heavy atom. The Bertz CT molecular complexity index is 688. The number of hydrogen-bond donors (Lipinski definition) is 2. The van der Waals surface area contributed by atoms with Gasteiger partial charge < -0.3 is 15.6 Å². The van der Waals surface area contributed by atoms with E-state index >= 15 is 0 Å². The van der Waals surface area contributed by atoms with Crippen LogP contribution in [0.25, 0.3) is 0 Å². The van der Waals surface area contributed by atoms with E-state index in [0.29, 0.717) is 0 Å². The lowest BCUT2D eigenvalue weighted by Gasteiger charge is -2.09. The molecule has 6 nitrogen and oxygen atoms in total. The third-order valence-corrected chi connectivity index (χ3v) is 2.40. The van der Waals surface area contributed by atoms with Gasteiger partial charge in [-0.2, -0.15) is 0 Å². The number of carbonyl (C=O) groups excluding carboxylic acids is 1. The minimum absolute atomic E-state index is 0.0972. The van der Waals surface area contributed by atoms with E-state index in [1.807, 2.05) is 0 Å². The van der Waals surface area contributed by atoms with E-state index in [1.165, 1.54) is 24.4 Å². The fourth-order valence-electron chi connectivity index (χ4n) is 1.55. The van der Waals surface area contributed by atoms with Gasteiger partial charge in [-0.05, 0) is 18.2 Å². The van der Waals surface area contributed by atoms with Crippen LogP contribution >= 0.6 is 0 Å². The molecule has 20 heavy (non-hydrogen) atoms. The van der Waals surface area contributed by atoms with Crippen molar-refractivity contribution in [2.75, 3.05) is 0 Å². The first-order valence-corrected chi connectivity index (χ1v) is 5.44. The average molecular weight is 276 g/mol. The smallest absolute Gasteiger partial charge is 0.354 e. The van der Waals surface area contributed by atoms with E-state index in [2.05, 4.69) is 4.98 Å². The lowest BCUT2D eigenvalue weighted by atomic mass is 10.2. The highest BCUT2D eigenvalue weighted by molar-refractivity contribution is 5.96. The first kappa shape index (κ1) is 13.5. The topological polar surface area (TPSA) is 103 Å². The molecule has 0 aliphatic carbocycles. The lowest BCUT2D eigenvalue weighted by Crippen LogP contribution is -2.14. The van der Waals surface area contributed by atoms with Crippen LogP contribution in [0.15, 0.2) is 36.5 Å². The summed E-state index contributed by atoms with van der Waals surface area (Å²) in [6, 6.07) is 6.29. The number of rotatable bonds is 4. The molecule has 0 fully saturated rings. The quantitative estimate of drug-likeness (QED) is 0.886. The first-order chi connectivity index (χ1) is 9.49. The van der Waals surface area contributed by atoms with Crippen LogP contribution in [-0.4, -0.2) is 22.0 Å². The van der Waals surface area contributed by atoms with Gasteiger partial charge in [-0.15, -0.1) is 0 Å². The van der Waals surface area contributed by atoms with Gasteiger partial charge in [-0.1, -0.05) is 6.07 Å². The van der Waals surface area contributed by atoms with E-state index in [9.17, 15) is 14.0 Å². The largest absolute Gasteiger partial charge is 0.477 e. The molecule has 3 N–H and O–H groups in total. The maximum atomic E-state index is 13.5. The van der Waals surface area contributed by atoms with Crippen LogP contribution in [0.4, 0.5) is 4.39 Å². The monoisotopic (exact) mass is 276 g/mol. The Hall–Kier alpha value is -2.96. The highest BCUT2D eigenvalue weighted by Crippen LogP contribution is 2.27. The number of hydrogen-bond acceptors (Lipinski definition) is 4. The van der Waals surface area contributed by atoms with E-state index in [4.69, 9.17) is 15.6 Å². The van der Waals surface area contributed by atoms with Crippen LogP contribution in [0, 0.1) is 5.82 Å². The molecular formula is C13H9FN2O4. The molecule has 0 aliphatic heterocycles. The molecule has 2 rings (SSSR count). The Kier molecular flexibility index (Phi) is 3.60. The van der Waals surface area contributed by atoms with E-state index < -0.39 is 23.3 Å². The molecule has 1 aromatic carbocycles. The summed E-state index contributed by atoms with van der Waals surface area (Å²) in [5.74, 6) is -3.02. The van der Waals surface area contributed by atoms with Crippen LogP contribution in [0.5, 0.6) is 11.5 Å². The number of pyridine rings is 1. The molecule has 2 aromatic rings. The third kappa shape index (κ3) is 2.72. The number of nitrogens with zero attached hydrogens (tertiary/aromatic N) is 1. The zero-order valence-corrected chi connectivity index (χ0v) is 10.0. The Morgan fingerprint density at radius 1 is 1.30 bits per heavy atom. The summed E-state index contributed by atoms with van der Waals surface area (Å²) in [5, 5.41) is 8.81. The zero-order valence-electron chi connectivity index (χ0n) is 10.0. The second-order valence-electron chi connectivity index (χ2n) is 3.76. The fourth-order valence-corrected chi connectivity index (χ4v) is 1.55. The van der Waals surface area contributed by atoms with Gasteiger partial charge in [0, 0.05) is 12.3 Å². The standard InChI is InChI=1S/C13H9FN2O4/c14-8-2-1-3-10(11(8)12(15)17)20-7-4-5-16-9(6-7)13(18)19/h1-6H,(H2,15,17)(H,18,19). The van der Waals surface area contributed by atoms with Crippen molar-refractivity contribution in [2.24, 2.45) is 5.73 Å². The molecule has 0 saturated carbocycles. The van der Waals surface area contributed by atoms with Crippen LogP contribution in [0.1, 0.15) is 20.8 Å². The molecule has 0 saturated heterocycles. The predicted molar refractivity (Wildman–Crippen MR) is 66.2 cm³/mol. The summed E-state index contributed by atoms with van der Waals surface area (Å²) in [5.41, 5.74) is 4.44. The van der Waals surface area contributed by atoms with Gasteiger partial charge in [0.25, 0.3) is 5.91 Å². The normalized spacial score (nSPS) is 10.1. The first-order valence-electron chi connectivity index (χ1n) is 5.44. The summed E-state index contributed by atoms with van der Waals surface area (Å²) >= 11 is 0. The molecule has 1 amide bonds. The van der Waals surface area contributed by atoms with E-state index in [0.717, 1.165) is 12.1 Å². The SMILES string of the molecule is NC(=O)c1c(F)cccc1Oc1ccnc(C(=O)O)c1. The van der Waals surface area contributed by atoms with Crippen molar-refractivity contribution >= 4 is 11.9 Å². The molecule has 0 spiro atoms. The molecular weight excluding hydrogens is 267 g/mol. The number of amides is 1. The molecule has 0 radical (unpaired) electrons. The minimum Gasteiger partial charge on any atom is -0.477 e. The third-order valence-electron chi connectivity index (χ3n) is 2.40. The number of aromatic nitrogens is 1. The van der Waals surface area contributed by atoms with E-state index in [1.54, 1.807) is 0 Å². The Labute approximate surface area is 112 Å². The Balaban J connectivity index is 2.40. The van der Waals surface area contributed by atoms with Crippen molar-refractivity contribution in [1.82, 2.24) is 4.98 Å². The minimum atomic E-state index is -1.23. The number of carboxylic acid groups (broad SMARTS) is 1. The van der Waals surface area contributed by atoms with Gasteiger partial charge in [-0.25, -0.2) is 14.2 Å². The maximum Gasteiger partial charge on any atom is 0.354 e. The van der Waals surface area contributed by atoms with Gasteiger partial charge in [0.2, 0.25) is 0 Å². The van der Waals surface area contributed by atoms with Gasteiger partial charge in [0.1, 0.15) is 22.9 Å². The molecule has 0 bridgehead atoms. The number of benzene rings is 1. The van der Waals surface area contributed by atoms with Crippen LogP contribution in [0.2, 0.25) is 0 Å². The van der Waals surface area contributed by atoms with Gasteiger partial charge in [-0.3, -0.25) is 4.79 Å². The number of carbonyl (C=O) groups is 2. The maximum absolute atomic E-state index is 13.5. The molecule has 1 heterocycles. The van der Waals surface area contributed by atoms with Gasteiger partial charge >= 0.3 is 5.97 Å². The average Bonchev–Trinajstić information content (AvgIpc) is 2.38. The molecule has 7 heteroatoms. The summed E-state index contributed by atoms with van der Waals surface area (Å²) in [6.07, 6.45) is 1.22. The molecule has 1 aromatic heterocycles. The number of ether oxygens (including phenoxy) is 1. The number of primary amides is 1. The van der Waals surface area contributed by atoms with Gasteiger partial charge in [0.05, 0.1) is 0 Å². The van der Waals surface area contributed by atoms with Crippen molar-refractivity contribution in [3.63, 3.8) is 0 Å². The van der Waals surface area contributed by atoms with Crippen molar-refractivity contribution < 1.29 is 23.8 Å². The van der Waals surface area contributed by atoms with E-state index in [-0.39, 0.29) is 17.2 Å². The fraction of sp³-hybridized carbons (Fsp3) is 0. The van der Waals surface area contributed by atoms with Gasteiger partial charge in [0.15, 0.2) is 5.69 Å². The molecule has 102 valence electrons. The lowest BCUT2D eigenvalue weighted by molar-refractivity contribution is 0.0689. The van der Waals surface area contributed by atoms with Crippen LogP contribution < -0.4 is 10.5 Å². The summed E-state index contributed by atoms with van der Waals surface area (Å²) in [7, 11) is 0. The molecule has 0 aliphatic rings. The summed E-state index contributed by atoms with van der Waals surface area (Å²) in [4.78, 5) is 25.6. The Morgan fingerprint density at radius 2 is 2.05 bits per heavy atom. The second kappa shape index (κ2) is 5.35. The second-order valence-corrected chi connectivity index (χ2v) is 3.76. The molecule has 0 atom stereocenters. The van der Waals surface area contributed by atoms with Crippen molar-refractivity contribution in [1.29, 1.82) is 0 Å². The number of aromatic carboxylic acids is 1. The summed E-state index contributed by atoms with van der Waals surface area (Å²) in [6.45, 7) is 0. The molecule has 0 unspecified atom stereocenters. The predicted octanol–water partition coefficient (Wildman–Crippen LogP) is 1.81. The van der Waals surface area contributed by atoms with Crippen molar-refractivity contribution in [3.05, 3.63) is 53.6 Å². The van der Waals surface area contributed by atoms with Crippen molar-refractivity contribution in [3.8, 4) is 11.5 Å². The zero-order chi connectivity index (χ0) is 14.7. The highest BCUT2D eigenvalue weighted by atomic mass is 19.1. The number of nitrogens with two attached hydrogens (primary N) is 1. The van der Waals surface area contributed by atoms with Crippen LogP contribution in [0.3, 0.4) is 0 Å².